The quantitative estimate of drug-likeness (QED) is 0.831. The number of benzene rings is 2. The van der Waals surface area contributed by atoms with Crippen LogP contribution in [0.1, 0.15) is 0 Å². The van der Waals surface area contributed by atoms with E-state index in [2.05, 4.69) is 5.32 Å². The van der Waals surface area contributed by atoms with E-state index in [0.29, 0.717) is 28.6 Å². The second-order valence-corrected chi connectivity index (χ2v) is 3.92. The van der Waals surface area contributed by atoms with Crippen LogP contribution in [-0.4, -0.2) is 14.2 Å². The van der Waals surface area contributed by atoms with E-state index in [1.165, 1.54) is 19.2 Å². The highest BCUT2D eigenvalue weighted by molar-refractivity contribution is 5.76. The van der Waals surface area contributed by atoms with E-state index in [9.17, 15) is 4.39 Å². The molecule has 2 aromatic rings. The molecule has 3 N–H and O–H groups in total. The summed E-state index contributed by atoms with van der Waals surface area (Å²) in [6, 6.07) is 9.50. The van der Waals surface area contributed by atoms with Crippen molar-refractivity contribution in [2.75, 3.05) is 25.3 Å². The summed E-state index contributed by atoms with van der Waals surface area (Å²) in [7, 11) is 3.06. The molecule has 0 fully saturated rings. The van der Waals surface area contributed by atoms with Crippen molar-refractivity contribution in [1.82, 2.24) is 0 Å². The molecule has 0 saturated heterocycles. The first-order valence-electron chi connectivity index (χ1n) is 5.68. The molecule has 0 aliphatic heterocycles. The third-order valence-corrected chi connectivity index (χ3v) is 2.69. The Kier molecular flexibility index (Phi) is 3.75. The molecule has 2 rings (SSSR count). The molecule has 0 heterocycles. The summed E-state index contributed by atoms with van der Waals surface area (Å²) in [6.45, 7) is 0. The lowest BCUT2D eigenvalue weighted by Gasteiger charge is -2.13. The fraction of sp³-hybridized carbons (Fsp3) is 0.143. The summed E-state index contributed by atoms with van der Waals surface area (Å²) in [5, 5.41) is 3.10. The van der Waals surface area contributed by atoms with Gasteiger partial charge in [0.25, 0.3) is 0 Å². The molecule has 19 heavy (non-hydrogen) atoms. The van der Waals surface area contributed by atoms with Crippen LogP contribution < -0.4 is 20.5 Å². The topological polar surface area (TPSA) is 56.5 Å². The Morgan fingerprint density at radius 2 is 1.79 bits per heavy atom. The number of halogens is 1. The maximum Gasteiger partial charge on any atom is 0.145 e. The highest BCUT2D eigenvalue weighted by Crippen LogP contribution is 2.32. The molecule has 0 atom stereocenters. The lowest BCUT2D eigenvalue weighted by Crippen LogP contribution is -1.99. The molecule has 0 aromatic heterocycles. The number of ether oxygens (including phenoxy) is 2. The first-order chi connectivity index (χ1) is 9.13. The number of nitrogen functional groups attached to an aromatic ring is 1. The van der Waals surface area contributed by atoms with Crippen molar-refractivity contribution in [3.05, 3.63) is 42.2 Å². The Balaban J connectivity index is 2.35. The largest absolute Gasteiger partial charge is 0.497 e. The summed E-state index contributed by atoms with van der Waals surface area (Å²) in [4.78, 5) is 0. The van der Waals surface area contributed by atoms with E-state index < -0.39 is 0 Å². The van der Waals surface area contributed by atoms with Crippen molar-refractivity contribution in [3.8, 4) is 11.5 Å². The number of rotatable bonds is 4. The van der Waals surface area contributed by atoms with Gasteiger partial charge in [-0.15, -0.1) is 0 Å². The monoisotopic (exact) mass is 262 g/mol. The van der Waals surface area contributed by atoms with E-state index in [-0.39, 0.29) is 5.82 Å². The number of nitrogens with two attached hydrogens (primary N) is 1. The standard InChI is InChI=1S/C14H15FN2O2/c1-18-10-4-5-11(16)13(8-10)17-12-6-3-9(15)7-14(12)19-2/h3-8,17H,16H2,1-2H3. The maximum absolute atomic E-state index is 13.1. The Hall–Kier alpha value is -2.43. The SMILES string of the molecule is COc1ccc(N)c(Nc2ccc(F)cc2OC)c1. The van der Waals surface area contributed by atoms with Gasteiger partial charge in [0, 0.05) is 12.1 Å². The molecule has 0 saturated carbocycles. The van der Waals surface area contributed by atoms with E-state index in [1.54, 1.807) is 31.4 Å². The molecule has 100 valence electrons. The number of hydrogen-bond acceptors (Lipinski definition) is 4. The summed E-state index contributed by atoms with van der Waals surface area (Å²) in [6.07, 6.45) is 0. The Labute approximate surface area is 111 Å². The Morgan fingerprint density at radius 1 is 1.00 bits per heavy atom. The number of anilines is 3. The lowest BCUT2D eigenvalue weighted by molar-refractivity contribution is 0.413. The van der Waals surface area contributed by atoms with Gasteiger partial charge in [-0.3, -0.25) is 0 Å². The Bertz CT molecular complexity index is 588. The smallest absolute Gasteiger partial charge is 0.145 e. The van der Waals surface area contributed by atoms with E-state index >= 15 is 0 Å². The molecule has 4 nitrogen and oxygen atoms in total. The highest BCUT2D eigenvalue weighted by atomic mass is 19.1. The molecule has 5 heteroatoms. The van der Waals surface area contributed by atoms with Crippen LogP contribution in [0.2, 0.25) is 0 Å². The van der Waals surface area contributed by atoms with Gasteiger partial charge in [-0.2, -0.15) is 0 Å². The second-order valence-electron chi connectivity index (χ2n) is 3.92. The molecule has 2 aromatic carbocycles. The molecule has 0 spiro atoms. The van der Waals surface area contributed by atoms with Gasteiger partial charge in [0.05, 0.1) is 31.3 Å². The minimum absolute atomic E-state index is 0.360. The third kappa shape index (κ3) is 2.88. The summed E-state index contributed by atoms with van der Waals surface area (Å²) in [5.74, 6) is 0.723. The van der Waals surface area contributed by atoms with Crippen LogP contribution in [0.5, 0.6) is 11.5 Å². The minimum Gasteiger partial charge on any atom is -0.497 e. The van der Waals surface area contributed by atoms with Gasteiger partial charge in [0.15, 0.2) is 0 Å². The highest BCUT2D eigenvalue weighted by Gasteiger charge is 2.07. The predicted molar refractivity (Wildman–Crippen MR) is 73.6 cm³/mol. The zero-order chi connectivity index (χ0) is 13.8. The van der Waals surface area contributed by atoms with Crippen molar-refractivity contribution in [2.45, 2.75) is 0 Å². The summed E-state index contributed by atoms with van der Waals surface area (Å²) < 4.78 is 23.4. The molecular formula is C14H15FN2O2. The van der Waals surface area contributed by atoms with Crippen LogP contribution in [0.25, 0.3) is 0 Å². The van der Waals surface area contributed by atoms with Crippen LogP contribution >= 0.6 is 0 Å². The van der Waals surface area contributed by atoms with Gasteiger partial charge in [-0.25, -0.2) is 4.39 Å². The summed E-state index contributed by atoms with van der Waals surface area (Å²) in [5.41, 5.74) is 7.74. The fourth-order valence-electron chi connectivity index (χ4n) is 1.68. The van der Waals surface area contributed by atoms with Gasteiger partial charge in [-0.05, 0) is 24.3 Å². The van der Waals surface area contributed by atoms with Gasteiger partial charge in [-0.1, -0.05) is 0 Å². The average Bonchev–Trinajstić information content (AvgIpc) is 2.43. The van der Waals surface area contributed by atoms with Gasteiger partial charge in [0.2, 0.25) is 0 Å². The molecular weight excluding hydrogens is 247 g/mol. The normalized spacial score (nSPS) is 10.1. The van der Waals surface area contributed by atoms with Gasteiger partial charge in [0.1, 0.15) is 17.3 Å². The zero-order valence-electron chi connectivity index (χ0n) is 10.7. The number of methoxy groups -OCH3 is 2. The van der Waals surface area contributed by atoms with Crippen LogP contribution in [0, 0.1) is 5.82 Å². The molecule has 0 aliphatic carbocycles. The van der Waals surface area contributed by atoms with Crippen LogP contribution in [0.3, 0.4) is 0 Å². The molecule has 0 unspecified atom stereocenters. The van der Waals surface area contributed by atoms with E-state index in [1.807, 2.05) is 0 Å². The fourth-order valence-corrected chi connectivity index (χ4v) is 1.68. The van der Waals surface area contributed by atoms with Crippen molar-refractivity contribution in [3.63, 3.8) is 0 Å². The first-order valence-corrected chi connectivity index (χ1v) is 5.68. The average molecular weight is 262 g/mol. The second kappa shape index (κ2) is 5.48. The Morgan fingerprint density at radius 3 is 2.47 bits per heavy atom. The molecule has 0 radical (unpaired) electrons. The van der Waals surface area contributed by atoms with Gasteiger partial charge >= 0.3 is 0 Å². The van der Waals surface area contributed by atoms with Crippen molar-refractivity contribution in [2.24, 2.45) is 0 Å². The first kappa shape index (κ1) is 13.0. The maximum atomic E-state index is 13.1. The van der Waals surface area contributed by atoms with Crippen LogP contribution in [0.4, 0.5) is 21.5 Å². The summed E-state index contributed by atoms with van der Waals surface area (Å²) >= 11 is 0. The van der Waals surface area contributed by atoms with Crippen LogP contribution in [0.15, 0.2) is 36.4 Å². The minimum atomic E-state index is -0.360. The molecule has 0 bridgehead atoms. The van der Waals surface area contributed by atoms with Crippen molar-refractivity contribution in [1.29, 1.82) is 0 Å². The third-order valence-electron chi connectivity index (χ3n) is 2.69. The van der Waals surface area contributed by atoms with E-state index in [0.717, 1.165) is 0 Å². The number of hydrogen-bond donors (Lipinski definition) is 2. The lowest BCUT2D eigenvalue weighted by atomic mass is 10.2. The van der Waals surface area contributed by atoms with Crippen molar-refractivity contribution >= 4 is 17.1 Å². The van der Waals surface area contributed by atoms with Crippen molar-refractivity contribution < 1.29 is 13.9 Å². The van der Waals surface area contributed by atoms with E-state index in [4.69, 9.17) is 15.2 Å². The predicted octanol–water partition coefficient (Wildman–Crippen LogP) is 3.17. The van der Waals surface area contributed by atoms with Crippen LogP contribution in [-0.2, 0) is 0 Å². The molecule has 0 amide bonds. The van der Waals surface area contributed by atoms with Gasteiger partial charge < -0.3 is 20.5 Å². The number of nitrogens with one attached hydrogen (secondary N) is 1. The zero-order valence-corrected chi connectivity index (χ0v) is 10.7. The molecule has 0 aliphatic rings.